The maximum Gasteiger partial charge on any atom is 0.0410 e. The molecule has 0 aliphatic carbocycles. The Kier molecular flexibility index (Phi) is 5.47. The van der Waals surface area contributed by atoms with Gasteiger partial charge in [0.1, 0.15) is 0 Å². The van der Waals surface area contributed by atoms with Crippen LogP contribution in [0, 0.1) is 3.57 Å². The summed E-state index contributed by atoms with van der Waals surface area (Å²) in [6.07, 6.45) is 0.828. The second-order valence-electron chi connectivity index (χ2n) is 5.37. The molecular formula is C17H19ClIN. The van der Waals surface area contributed by atoms with Gasteiger partial charge >= 0.3 is 0 Å². The SMILES string of the molecule is CC(C)c1ccc(CC(N)c2cc(Cl)ccc2I)cc1. The number of benzene rings is 2. The minimum absolute atomic E-state index is 0.0227. The smallest absolute Gasteiger partial charge is 0.0410 e. The van der Waals surface area contributed by atoms with Crippen LogP contribution >= 0.6 is 34.2 Å². The Hall–Kier alpha value is -0.580. The van der Waals surface area contributed by atoms with Crippen LogP contribution in [0.3, 0.4) is 0 Å². The molecule has 0 saturated carbocycles. The molecule has 2 N–H and O–H groups in total. The van der Waals surface area contributed by atoms with E-state index in [0.29, 0.717) is 5.92 Å². The molecule has 2 aromatic carbocycles. The highest BCUT2D eigenvalue weighted by Gasteiger charge is 2.11. The Labute approximate surface area is 139 Å². The summed E-state index contributed by atoms with van der Waals surface area (Å²) in [5, 5.41) is 0.742. The summed E-state index contributed by atoms with van der Waals surface area (Å²) in [6.45, 7) is 4.41. The Balaban J connectivity index is 2.14. The van der Waals surface area contributed by atoms with E-state index in [1.165, 1.54) is 14.7 Å². The molecule has 0 heterocycles. The van der Waals surface area contributed by atoms with Crippen LogP contribution in [0.25, 0.3) is 0 Å². The first-order chi connectivity index (χ1) is 9.47. The largest absolute Gasteiger partial charge is 0.324 e. The topological polar surface area (TPSA) is 26.0 Å². The van der Waals surface area contributed by atoms with Crippen molar-refractivity contribution in [1.82, 2.24) is 0 Å². The monoisotopic (exact) mass is 399 g/mol. The fraction of sp³-hybridized carbons (Fsp3) is 0.294. The first-order valence-corrected chi connectivity index (χ1v) is 8.22. The van der Waals surface area contributed by atoms with Crippen LogP contribution < -0.4 is 5.73 Å². The predicted octanol–water partition coefficient (Wildman–Crippen LogP) is 5.31. The van der Waals surface area contributed by atoms with Gasteiger partial charge in [-0.05, 0) is 69.8 Å². The fourth-order valence-corrected chi connectivity index (χ4v) is 3.12. The number of hydrogen-bond acceptors (Lipinski definition) is 1. The van der Waals surface area contributed by atoms with Crippen molar-refractivity contribution in [3.63, 3.8) is 0 Å². The molecule has 0 saturated heterocycles. The number of hydrogen-bond donors (Lipinski definition) is 1. The molecule has 0 spiro atoms. The van der Waals surface area contributed by atoms with Crippen LogP contribution in [0.2, 0.25) is 5.02 Å². The molecule has 106 valence electrons. The van der Waals surface area contributed by atoms with E-state index in [1.54, 1.807) is 0 Å². The summed E-state index contributed by atoms with van der Waals surface area (Å²) in [6, 6.07) is 14.6. The number of halogens is 2. The molecule has 0 bridgehead atoms. The van der Waals surface area contributed by atoms with E-state index in [-0.39, 0.29) is 6.04 Å². The molecule has 0 amide bonds. The highest BCUT2D eigenvalue weighted by atomic mass is 127. The molecule has 0 aromatic heterocycles. The molecule has 0 radical (unpaired) electrons. The van der Waals surface area contributed by atoms with Crippen LogP contribution in [-0.4, -0.2) is 0 Å². The predicted molar refractivity (Wildman–Crippen MR) is 95.3 cm³/mol. The summed E-state index contributed by atoms with van der Waals surface area (Å²) in [7, 11) is 0. The van der Waals surface area contributed by atoms with Crippen molar-refractivity contribution in [2.75, 3.05) is 0 Å². The van der Waals surface area contributed by atoms with Crippen molar-refractivity contribution in [3.05, 3.63) is 67.7 Å². The van der Waals surface area contributed by atoms with Gasteiger partial charge < -0.3 is 5.73 Å². The Morgan fingerprint density at radius 2 is 1.75 bits per heavy atom. The standard InChI is InChI=1S/C17H19ClIN/c1-11(2)13-5-3-12(4-6-13)9-17(20)15-10-14(18)7-8-16(15)19/h3-8,10-11,17H,9,20H2,1-2H3. The summed E-state index contributed by atoms with van der Waals surface area (Å²) in [5.41, 5.74) is 10.1. The summed E-state index contributed by atoms with van der Waals surface area (Å²) < 4.78 is 1.17. The van der Waals surface area contributed by atoms with Gasteiger partial charge in [0.15, 0.2) is 0 Å². The third-order valence-electron chi connectivity index (χ3n) is 3.46. The van der Waals surface area contributed by atoms with E-state index in [0.717, 1.165) is 17.0 Å². The fourth-order valence-electron chi connectivity index (χ4n) is 2.20. The first kappa shape index (κ1) is 15.8. The molecule has 2 rings (SSSR count). The van der Waals surface area contributed by atoms with Gasteiger partial charge in [0, 0.05) is 14.6 Å². The average molecular weight is 400 g/mol. The summed E-state index contributed by atoms with van der Waals surface area (Å²) in [4.78, 5) is 0. The molecular weight excluding hydrogens is 381 g/mol. The lowest BCUT2D eigenvalue weighted by Crippen LogP contribution is -2.14. The lowest BCUT2D eigenvalue weighted by atomic mass is 9.96. The van der Waals surface area contributed by atoms with E-state index in [9.17, 15) is 0 Å². The first-order valence-electron chi connectivity index (χ1n) is 6.76. The maximum absolute atomic E-state index is 6.33. The Morgan fingerprint density at radius 1 is 1.10 bits per heavy atom. The van der Waals surface area contributed by atoms with Crippen LogP contribution in [0.4, 0.5) is 0 Å². The second-order valence-corrected chi connectivity index (χ2v) is 6.97. The van der Waals surface area contributed by atoms with E-state index in [1.807, 2.05) is 18.2 Å². The molecule has 1 atom stereocenters. The number of rotatable bonds is 4. The van der Waals surface area contributed by atoms with Crippen molar-refractivity contribution >= 4 is 34.2 Å². The zero-order valence-corrected chi connectivity index (χ0v) is 14.6. The summed E-state index contributed by atoms with van der Waals surface area (Å²) >= 11 is 8.37. The van der Waals surface area contributed by atoms with Gasteiger partial charge in [0.05, 0.1) is 0 Å². The third-order valence-corrected chi connectivity index (χ3v) is 4.68. The van der Waals surface area contributed by atoms with Crippen LogP contribution in [0.15, 0.2) is 42.5 Å². The molecule has 0 aliphatic heterocycles. The molecule has 3 heteroatoms. The zero-order chi connectivity index (χ0) is 14.7. The summed E-state index contributed by atoms with van der Waals surface area (Å²) in [5.74, 6) is 0.562. The van der Waals surface area contributed by atoms with Gasteiger partial charge in [-0.15, -0.1) is 0 Å². The molecule has 0 aliphatic rings. The maximum atomic E-state index is 6.33. The minimum Gasteiger partial charge on any atom is -0.324 e. The molecule has 1 unspecified atom stereocenters. The van der Waals surface area contributed by atoms with E-state index in [2.05, 4.69) is 60.7 Å². The van der Waals surface area contributed by atoms with Crippen LogP contribution in [0.5, 0.6) is 0 Å². The van der Waals surface area contributed by atoms with E-state index < -0.39 is 0 Å². The van der Waals surface area contributed by atoms with Gasteiger partial charge in [0.25, 0.3) is 0 Å². The van der Waals surface area contributed by atoms with Crippen LogP contribution in [0.1, 0.15) is 42.5 Å². The lowest BCUT2D eigenvalue weighted by Gasteiger charge is -2.15. The van der Waals surface area contributed by atoms with Crippen molar-refractivity contribution in [2.24, 2.45) is 5.73 Å². The molecule has 20 heavy (non-hydrogen) atoms. The van der Waals surface area contributed by atoms with Gasteiger partial charge in [-0.1, -0.05) is 49.7 Å². The second kappa shape index (κ2) is 6.92. The average Bonchev–Trinajstić information content (AvgIpc) is 2.42. The minimum atomic E-state index is -0.0227. The molecule has 2 aromatic rings. The van der Waals surface area contributed by atoms with Crippen molar-refractivity contribution in [2.45, 2.75) is 32.2 Å². The quantitative estimate of drug-likeness (QED) is 0.693. The van der Waals surface area contributed by atoms with Gasteiger partial charge in [-0.2, -0.15) is 0 Å². The van der Waals surface area contributed by atoms with E-state index in [4.69, 9.17) is 17.3 Å². The molecule has 0 fully saturated rings. The van der Waals surface area contributed by atoms with E-state index >= 15 is 0 Å². The molecule has 1 nitrogen and oxygen atoms in total. The normalized spacial score (nSPS) is 12.7. The van der Waals surface area contributed by atoms with Gasteiger partial charge in [-0.25, -0.2) is 0 Å². The van der Waals surface area contributed by atoms with Gasteiger partial charge in [-0.3, -0.25) is 0 Å². The van der Waals surface area contributed by atoms with Crippen molar-refractivity contribution < 1.29 is 0 Å². The van der Waals surface area contributed by atoms with Gasteiger partial charge in [0.2, 0.25) is 0 Å². The van der Waals surface area contributed by atoms with Crippen molar-refractivity contribution in [3.8, 4) is 0 Å². The lowest BCUT2D eigenvalue weighted by molar-refractivity contribution is 0.717. The highest BCUT2D eigenvalue weighted by molar-refractivity contribution is 14.1. The van der Waals surface area contributed by atoms with Crippen molar-refractivity contribution in [1.29, 1.82) is 0 Å². The van der Waals surface area contributed by atoms with Crippen LogP contribution in [-0.2, 0) is 6.42 Å². The highest BCUT2D eigenvalue weighted by Crippen LogP contribution is 2.25. The zero-order valence-electron chi connectivity index (χ0n) is 11.7. The Bertz CT molecular complexity index is 578. The Morgan fingerprint density at radius 3 is 2.35 bits per heavy atom. The number of nitrogens with two attached hydrogens (primary N) is 1. The third kappa shape index (κ3) is 3.96.